The molecule has 0 atom stereocenters. The van der Waals surface area contributed by atoms with Gasteiger partial charge in [-0.25, -0.2) is 9.37 Å². The van der Waals surface area contributed by atoms with Gasteiger partial charge in [0.25, 0.3) is 16.1 Å². The van der Waals surface area contributed by atoms with E-state index in [9.17, 15) is 17.6 Å². The molecular formula is C17H21FN4O3S2. The lowest BCUT2D eigenvalue weighted by Crippen LogP contribution is -2.53. The number of carbonyl (C=O) groups excluding carboxylic acids is 1. The van der Waals surface area contributed by atoms with Crippen molar-refractivity contribution in [1.29, 1.82) is 0 Å². The Labute approximate surface area is 162 Å². The molecule has 2 heterocycles. The number of hydrogen-bond donors (Lipinski definition) is 0. The molecule has 1 aliphatic heterocycles. The quantitative estimate of drug-likeness (QED) is 0.768. The molecule has 1 fully saturated rings. The van der Waals surface area contributed by atoms with Crippen molar-refractivity contribution in [2.45, 2.75) is 6.92 Å². The Hall–Kier alpha value is -1.88. The first kappa shape index (κ1) is 19.9. The summed E-state index contributed by atoms with van der Waals surface area (Å²) in [5.41, 5.74) is 0.893. The van der Waals surface area contributed by atoms with Crippen LogP contribution in [0.1, 0.15) is 15.5 Å². The average Bonchev–Trinajstić information content (AvgIpc) is 3.03. The van der Waals surface area contributed by atoms with Gasteiger partial charge in [-0.1, -0.05) is 12.1 Å². The summed E-state index contributed by atoms with van der Waals surface area (Å²) in [5, 5.41) is 0.714. The molecule has 2 aromatic rings. The summed E-state index contributed by atoms with van der Waals surface area (Å²) in [6.07, 6.45) is 0. The first-order chi connectivity index (χ1) is 12.7. The lowest BCUT2D eigenvalue weighted by Gasteiger charge is -2.34. The van der Waals surface area contributed by atoms with Crippen LogP contribution in [0.3, 0.4) is 0 Å². The average molecular weight is 413 g/mol. The van der Waals surface area contributed by atoms with Crippen LogP contribution in [0.4, 0.5) is 4.39 Å². The third-order valence-electron chi connectivity index (χ3n) is 4.34. The van der Waals surface area contributed by atoms with E-state index in [1.54, 1.807) is 24.0 Å². The molecule has 1 amide bonds. The van der Waals surface area contributed by atoms with E-state index in [0.717, 1.165) is 4.31 Å². The van der Waals surface area contributed by atoms with E-state index >= 15 is 0 Å². The summed E-state index contributed by atoms with van der Waals surface area (Å²) in [6.45, 7) is 2.82. The van der Waals surface area contributed by atoms with Crippen molar-refractivity contribution in [2.75, 3.05) is 40.3 Å². The number of hydrogen-bond acceptors (Lipinski definition) is 5. The maximum Gasteiger partial charge on any atom is 0.281 e. The number of thiazole rings is 1. The van der Waals surface area contributed by atoms with Crippen molar-refractivity contribution in [1.82, 2.24) is 18.5 Å². The Bertz CT molecular complexity index is 951. The Balaban J connectivity index is 1.80. The number of carbonyl (C=O) groups is 1. The number of halogens is 1. The second-order valence-electron chi connectivity index (χ2n) is 6.40. The van der Waals surface area contributed by atoms with Crippen LogP contribution in [0.5, 0.6) is 0 Å². The molecule has 0 spiro atoms. The molecule has 0 bridgehead atoms. The fourth-order valence-electron chi connectivity index (χ4n) is 2.90. The van der Waals surface area contributed by atoms with Crippen molar-refractivity contribution in [2.24, 2.45) is 0 Å². The topological polar surface area (TPSA) is 73.8 Å². The fraction of sp³-hybridized carbons (Fsp3) is 0.412. The SMILES string of the molecule is Cc1nc(C(=O)N2CCN(S(=O)(=O)N(C)C)CC2)c(-c2cccc(F)c2)s1. The van der Waals surface area contributed by atoms with Gasteiger partial charge in [-0.05, 0) is 24.6 Å². The minimum Gasteiger partial charge on any atom is -0.335 e. The monoisotopic (exact) mass is 412 g/mol. The van der Waals surface area contributed by atoms with Gasteiger partial charge in [-0.2, -0.15) is 17.0 Å². The lowest BCUT2D eigenvalue weighted by molar-refractivity contribution is 0.0690. The van der Waals surface area contributed by atoms with Gasteiger partial charge in [0.15, 0.2) is 0 Å². The molecular weight excluding hydrogens is 391 g/mol. The summed E-state index contributed by atoms with van der Waals surface area (Å²) in [6, 6.07) is 6.07. The number of benzene rings is 1. The third-order valence-corrected chi connectivity index (χ3v) is 7.30. The lowest BCUT2D eigenvalue weighted by atomic mass is 10.1. The minimum absolute atomic E-state index is 0.227. The van der Waals surface area contributed by atoms with Crippen molar-refractivity contribution >= 4 is 27.5 Å². The largest absolute Gasteiger partial charge is 0.335 e. The first-order valence-corrected chi connectivity index (χ1v) is 10.6. The predicted octanol–water partition coefficient (Wildman–Crippen LogP) is 1.82. The van der Waals surface area contributed by atoms with Crippen LogP contribution in [0.2, 0.25) is 0 Å². The van der Waals surface area contributed by atoms with Crippen LogP contribution in [-0.2, 0) is 10.2 Å². The van der Waals surface area contributed by atoms with Crippen LogP contribution < -0.4 is 0 Å². The van der Waals surface area contributed by atoms with Gasteiger partial charge in [0.05, 0.1) is 9.88 Å². The van der Waals surface area contributed by atoms with E-state index in [-0.39, 0.29) is 43.6 Å². The van der Waals surface area contributed by atoms with Gasteiger partial charge >= 0.3 is 0 Å². The van der Waals surface area contributed by atoms with E-state index in [1.807, 2.05) is 0 Å². The molecule has 1 aromatic carbocycles. The second kappa shape index (κ2) is 7.63. The van der Waals surface area contributed by atoms with Crippen molar-refractivity contribution in [3.63, 3.8) is 0 Å². The minimum atomic E-state index is -3.49. The highest BCUT2D eigenvalue weighted by Crippen LogP contribution is 2.31. The van der Waals surface area contributed by atoms with Gasteiger partial charge < -0.3 is 4.90 Å². The second-order valence-corrected chi connectivity index (χ2v) is 9.75. The first-order valence-electron chi connectivity index (χ1n) is 8.40. The molecule has 0 unspecified atom stereocenters. The Morgan fingerprint density at radius 2 is 1.89 bits per heavy atom. The zero-order valence-electron chi connectivity index (χ0n) is 15.3. The molecule has 0 saturated carbocycles. The summed E-state index contributed by atoms with van der Waals surface area (Å²) in [4.78, 5) is 19.6. The van der Waals surface area contributed by atoms with Crippen LogP contribution in [0, 0.1) is 12.7 Å². The number of nitrogens with zero attached hydrogens (tertiary/aromatic N) is 4. The molecule has 0 aliphatic carbocycles. The zero-order valence-corrected chi connectivity index (χ0v) is 17.0. The highest BCUT2D eigenvalue weighted by atomic mass is 32.2. The number of aromatic nitrogens is 1. The highest BCUT2D eigenvalue weighted by molar-refractivity contribution is 7.86. The molecule has 146 valence electrons. The summed E-state index contributed by atoms with van der Waals surface area (Å²) in [7, 11) is -0.527. The van der Waals surface area contributed by atoms with E-state index in [4.69, 9.17) is 0 Å². The molecule has 0 radical (unpaired) electrons. The number of amides is 1. The number of aryl methyl sites for hydroxylation is 1. The normalized spacial score (nSPS) is 16.1. The molecule has 10 heteroatoms. The van der Waals surface area contributed by atoms with Gasteiger partial charge in [0.1, 0.15) is 11.5 Å². The maximum atomic E-state index is 13.6. The van der Waals surface area contributed by atoms with Gasteiger partial charge in [0.2, 0.25) is 0 Å². The molecule has 0 N–H and O–H groups in total. The molecule has 7 nitrogen and oxygen atoms in total. The Kier molecular flexibility index (Phi) is 5.61. The highest BCUT2D eigenvalue weighted by Gasteiger charge is 2.32. The Morgan fingerprint density at radius 1 is 1.22 bits per heavy atom. The van der Waals surface area contributed by atoms with Crippen LogP contribution in [0.25, 0.3) is 10.4 Å². The smallest absolute Gasteiger partial charge is 0.281 e. The number of rotatable bonds is 4. The van der Waals surface area contributed by atoms with Crippen molar-refractivity contribution < 1.29 is 17.6 Å². The molecule has 3 rings (SSSR count). The van der Waals surface area contributed by atoms with Gasteiger partial charge in [-0.15, -0.1) is 11.3 Å². The van der Waals surface area contributed by atoms with Crippen LogP contribution >= 0.6 is 11.3 Å². The molecule has 1 aromatic heterocycles. The summed E-state index contributed by atoms with van der Waals surface area (Å²) < 4.78 is 40.5. The fourth-order valence-corrected chi connectivity index (χ4v) is 4.89. The molecule has 1 aliphatic rings. The van der Waals surface area contributed by atoms with Gasteiger partial charge in [-0.3, -0.25) is 4.79 Å². The standard InChI is InChI=1S/C17H21FN4O3S2/c1-12-19-15(16(26-12)13-5-4-6-14(18)11-13)17(23)21-7-9-22(10-8-21)27(24,25)20(2)3/h4-6,11H,7-10H2,1-3H3. The van der Waals surface area contributed by atoms with E-state index in [0.29, 0.717) is 15.4 Å². The number of piperazine rings is 1. The van der Waals surface area contributed by atoms with E-state index in [1.165, 1.54) is 41.9 Å². The van der Waals surface area contributed by atoms with Crippen LogP contribution in [-0.4, -0.2) is 73.1 Å². The third kappa shape index (κ3) is 4.03. The van der Waals surface area contributed by atoms with Crippen molar-refractivity contribution in [3.8, 4) is 10.4 Å². The van der Waals surface area contributed by atoms with Crippen LogP contribution in [0.15, 0.2) is 24.3 Å². The molecule has 1 saturated heterocycles. The summed E-state index contributed by atoms with van der Waals surface area (Å²) >= 11 is 1.34. The Morgan fingerprint density at radius 3 is 2.48 bits per heavy atom. The summed E-state index contributed by atoms with van der Waals surface area (Å²) in [5.74, 6) is -0.639. The van der Waals surface area contributed by atoms with Gasteiger partial charge in [0, 0.05) is 40.3 Å². The maximum absolute atomic E-state index is 13.6. The van der Waals surface area contributed by atoms with Crippen molar-refractivity contribution in [3.05, 3.63) is 40.8 Å². The van der Waals surface area contributed by atoms with E-state index in [2.05, 4.69) is 4.98 Å². The predicted molar refractivity (Wildman–Crippen MR) is 102 cm³/mol. The van der Waals surface area contributed by atoms with E-state index < -0.39 is 10.2 Å². The zero-order chi connectivity index (χ0) is 19.8. The molecule has 27 heavy (non-hydrogen) atoms.